The Morgan fingerprint density at radius 1 is 0.861 bits per heavy atom. The molecular formula is C23H13F5I2O6. The zero-order chi connectivity index (χ0) is 26.5. The fourth-order valence-corrected chi connectivity index (χ4v) is 6.43. The minimum Gasteiger partial charge on any atom is -0.478 e. The van der Waals surface area contributed by atoms with Gasteiger partial charge in [-0.05, 0) is 75.6 Å². The lowest BCUT2D eigenvalue weighted by Gasteiger charge is -2.25. The number of carbonyl (C=O) groups is 3. The van der Waals surface area contributed by atoms with Crippen molar-refractivity contribution in [3.8, 4) is 5.75 Å². The standard InChI is InChI=1S/C23H13F5I2O6/c24-15-11(16(25)18(27)19(28)17(15)26)6-35-22(33)13-7-1-2-8(3-7)14(13)23(34)36-20-10(21(31)32)4-9(29)5-12(20)30/h1-2,4-5,7-8,13-14H,3,6H2,(H,31,32). The molecule has 13 heteroatoms. The average molecular weight is 734 g/mol. The number of allylic oxidation sites excluding steroid dienone is 2. The fourth-order valence-electron chi connectivity index (χ4n) is 4.47. The molecule has 4 rings (SSSR count). The Morgan fingerprint density at radius 2 is 1.39 bits per heavy atom. The van der Waals surface area contributed by atoms with Crippen LogP contribution < -0.4 is 4.74 Å². The van der Waals surface area contributed by atoms with Gasteiger partial charge in [-0.25, -0.2) is 26.7 Å². The van der Waals surface area contributed by atoms with Gasteiger partial charge in [0, 0.05) is 3.57 Å². The number of hydrogen-bond acceptors (Lipinski definition) is 5. The van der Waals surface area contributed by atoms with Gasteiger partial charge >= 0.3 is 17.9 Å². The van der Waals surface area contributed by atoms with Crippen LogP contribution in [0.5, 0.6) is 5.75 Å². The van der Waals surface area contributed by atoms with E-state index in [1.807, 2.05) is 22.6 Å². The summed E-state index contributed by atoms with van der Waals surface area (Å²) in [7, 11) is 0. The van der Waals surface area contributed by atoms with Crippen LogP contribution in [0.25, 0.3) is 0 Å². The molecule has 2 aromatic carbocycles. The SMILES string of the molecule is O=C(O)c1cc(I)cc(I)c1OC(=O)C1C2C=CC(C2)C1C(=O)OCc1c(F)c(F)c(F)c(F)c1F. The molecule has 6 nitrogen and oxygen atoms in total. The summed E-state index contributed by atoms with van der Waals surface area (Å²) in [5.41, 5.74) is -1.58. The first-order valence-electron chi connectivity index (χ1n) is 10.2. The van der Waals surface area contributed by atoms with E-state index >= 15 is 0 Å². The number of carboxylic acids is 1. The molecule has 0 aromatic heterocycles. The highest BCUT2D eigenvalue weighted by Gasteiger charge is 2.53. The van der Waals surface area contributed by atoms with Crippen LogP contribution in [0.15, 0.2) is 24.3 Å². The average Bonchev–Trinajstić information content (AvgIpc) is 3.44. The molecule has 0 radical (unpaired) electrons. The van der Waals surface area contributed by atoms with E-state index in [9.17, 15) is 41.4 Å². The summed E-state index contributed by atoms with van der Waals surface area (Å²) in [5.74, 6) is -17.7. The Balaban J connectivity index is 1.57. The van der Waals surface area contributed by atoms with E-state index in [1.165, 1.54) is 6.07 Å². The monoisotopic (exact) mass is 734 g/mol. The van der Waals surface area contributed by atoms with Gasteiger partial charge in [0.25, 0.3) is 0 Å². The topological polar surface area (TPSA) is 89.9 Å². The number of fused-ring (bicyclic) bond motifs is 2. The third-order valence-electron chi connectivity index (χ3n) is 6.10. The van der Waals surface area contributed by atoms with Crippen molar-refractivity contribution in [2.24, 2.45) is 23.7 Å². The molecule has 4 atom stereocenters. The largest absolute Gasteiger partial charge is 0.478 e. The molecule has 2 aliphatic rings. The second kappa shape index (κ2) is 10.2. The highest BCUT2D eigenvalue weighted by Crippen LogP contribution is 2.49. The van der Waals surface area contributed by atoms with Gasteiger partial charge in [0.15, 0.2) is 29.0 Å². The van der Waals surface area contributed by atoms with Gasteiger partial charge in [0.05, 0.1) is 21.0 Å². The molecule has 1 N–H and O–H groups in total. The summed E-state index contributed by atoms with van der Waals surface area (Å²) < 4.78 is 79.3. The number of rotatable bonds is 6. The second-order valence-corrected chi connectivity index (χ2v) is 10.6. The first-order chi connectivity index (χ1) is 16.9. The molecule has 4 unspecified atom stereocenters. The van der Waals surface area contributed by atoms with Crippen molar-refractivity contribution in [3.63, 3.8) is 0 Å². The maximum absolute atomic E-state index is 13.9. The maximum Gasteiger partial charge on any atom is 0.339 e. The van der Waals surface area contributed by atoms with Crippen molar-refractivity contribution in [2.75, 3.05) is 0 Å². The van der Waals surface area contributed by atoms with Gasteiger partial charge in [-0.15, -0.1) is 0 Å². The van der Waals surface area contributed by atoms with Crippen molar-refractivity contribution in [1.29, 1.82) is 0 Å². The second-order valence-electron chi connectivity index (χ2n) is 8.15. The molecular weight excluding hydrogens is 721 g/mol. The normalized spacial score (nSPS) is 22.1. The number of esters is 2. The lowest BCUT2D eigenvalue weighted by atomic mass is 9.83. The van der Waals surface area contributed by atoms with Crippen LogP contribution >= 0.6 is 45.2 Å². The van der Waals surface area contributed by atoms with Gasteiger partial charge in [-0.3, -0.25) is 9.59 Å². The Bertz CT molecular complexity index is 1300. The molecule has 2 bridgehead atoms. The van der Waals surface area contributed by atoms with Crippen molar-refractivity contribution >= 4 is 63.1 Å². The summed E-state index contributed by atoms with van der Waals surface area (Å²) in [6, 6.07) is 2.90. The molecule has 0 spiro atoms. The van der Waals surface area contributed by atoms with Crippen LogP contribution in [0.4, 0.5) is 22.0 Å². The number of carboxylic acid groups (broad SMARTS) is 1. The van der Waals surface area contributed by atoms with Crippen LogP contribution in [-0.4, -0.2) is 23.0 Å². The van der Waals surface area contributed by atoms with Gasteiger partial charge < -0.3 is 14.6 Å². The van der Waals surface area contributed by atoms with Crippen molar-refractivity contribution in [1.82, 2.24) is 0 Å². The van der Waals surface area contributed by atoms with Crippen molar-refractivity contribution < 1.29 is 50.9 Å². The molecule has 190 valence electrons. The van der Waals surface area contributed by atoms with Crippen molar-refractivity contribution in [3.05, 3.63) is 71.6 Å². The van der Waals surface area contributed by atoms with Gasteiger partial charge in [-0.1, -0.05) is 12.2 Å². The first-order valence-corrected chi connectivity index (χ1v) is 12.4. The number of carbonyl (C=O) groups excluding carboxylic acids is 2. The predicted octanol–water partition coefficient (Wildman–Crippen LogP) is 5.38. The predicted molar refractivity (Wildman–Crippen MR) is 128 cm³/mol. The van der Waals surface area contributed by atoms with E-state index in [0.717, 1.165) is 0 Å². The highest BCUT2D eigenvalue weighted by molar-refractivity contribution is 14.1. The summed E-state index contributed by atoms with van der Waals surface area (Å²) in [6.07, 6.45) is 3.72. The lowest BCUT2D eigenvalue weighted by molar-refractivity contribution is -0.158. The van der Waals surface area contributed by atoms with Gasteiger partial charge in [-0.2, -0.15) is 0 Å². The first kappa shape index (κ1) is 26.8. The van der Waals surface area contributed by atoms with Gasteiger partial charge in [0.1, 0.15) is 12.2 Å². The molecule has 36 heavy (non-hydrogen) atoms. The Kier molecular flexibility index (Phi) is 7.60. The summed E-state index contributed by atoms with van der Waals surface area (Å²) >= 11 is 3.71. The third kappa shape index (κ3) is 4.70. The Labute approximate surface area is 227 Å². The van der Waals surface area contributed by atoms with E-state index in [-0.39, 0.29) is 11.3 Å². The van der Waals surface area contributed by atoms with E-state index in [0.29, 0.717) is 13.6 Å². The number of halogens is 7. The van der Waals surface area contributed by atoms with E-state index in [2.05, 4.69) is 0 Å². The highest BCUT2D eigenvalue weighted by atomic mass is 127. The Morgan fingerprint density at radius 3 is 1.94 bits per heavy atom. The quantitative estimate of drug-likeness (QED) is 0.0817. The van der Waals surface area contributed by atoms with E-state index in [4.69, 9.17) is 9.47 Å². The molecule has 2 aromatic rings. The minimum atomic E-state index is -2.34. The van der Waals surface area contributed by atoms with Crippen LogP contribution in [0.3, 0.4) is 0 Å². The molecule has 1 fully saturated rings. The molecule has 0 heterocycles. The van der Waals surface area contributed by atoms with Crippen LogP contribution in [0, 0.1) is 59.9 Å². The number of ether oxygens (including phenoxy) is 2. The van der Waals surface area contributed by atoms with Gasteiger partial charge in [0.2, 0.25) is 5.82 Å². The summed E-state index contributed by atoms with van der Waals surface area (Å²) in [6.45, 7) is -1.25. The van der Waals surface area contributed by atoms with Crippen LogP contribution in [0.2, 0.25) is 0 Å². The fraction of sp³-hybridized carbons (Fsp3) is 0.261. The van der Waals surface area contributed by atoms with Crippen molar-refractivity contribution in [2.45, 2.75) is 13.0 Å². The van der Waals surface area contributed by atoms with E-state index < -0.39 is 82.8 Å². The molecule has 0 saturated heterocycles. The zero-order valence-corrected chi connectivity index (χ0v) is 22.0. The lowest BCUT2D eigenvalue weighted by Crippen LogP contribution is -2.37. The summed E-state index contributed by atoms with van der Waals surface area (Å²) in [4.78, 5) is 37.6. The van der Waals surface area contributed by atoms with Crippen LogP contribution in [-0.2, 0) is 20.9 Å². The smallest absolute Gasteiger partial charge is 0.339 e. The summed E-state index contributed by atoms with van der Waals surface area (Å²) in [5, 5.41) is 9.50. The molecule has 2 aliphatic carbocycles. The maximum atomic E-state index is 13.9. The third-order valence-corrected chi connectivity index (χ3v) is 7.53. The molecule has 1 saturated carbocycles. The Hall–Kier alpha value is -2.30. The number of aromatic carboxylic acids is 1. The number of hydrogen-bond donors (Lipinski definition) is 1. The zero-order valence-electron chi connectivity index (χ0n) is 17.7. The molecule has 0 amide bonds. The molecule has 0 aliphatic heterocycles. The van der Waals surface area contributed by atoms with E-state index in [1.54, 1.807) is 40.8 Å². The minimum absolute atomic E-state index is 0.200. The number of benzene rings is 2. The van der Waals surface area contributed by atoms with Crippen LogP contribution in [0.1, 0.15) is 22.3 Å².